The van der Waals surface area contributed by atoms with Crippen LogP contribution in [0.1, 0.15) is 13.3 Å². The number of hydrogen-bond acceptors (Lipinski definition) is 5. The molecule has 1 atom stereocenters. The number of carbonyl (C=O) groups is 1. The molecule has 0 amide bonds. The molecule has 0 aliphatic carbocycles. The fourth-order valence-corrected chi connectivity index (χ4v) is 2.03. The summed E-state index contributed by atoms with van der Waals surface area (Å²) in [4.78, 5) is 17.3. The minimum Gasteiger partial charge on any atom is -0.404 e. The molecule has 0 aliphatic heterocycles. The zero-order valence-corrected chi connectivity index (χ0v) is 13.9. The van der Waals surface area contributed by atoms with Crippen LogP contribution >= 0.6 is 0 Å². The molecule has 0 aliphatic rings. The Kier molecular flexibility index (Phi) is 7.67. The Morgan fingerprint density at radius 1 is 1.48 bits per heavy atom. The van der Waals surface area contributed by atoms with E-state index in [1.807, 2.05) is 44.1 Å². The molecule has 0 aromatic heterocycles. The first-order valence-electron chi connectivity index (χ1n) is 7.37. The van der Waals surface area contributed by atoms with E-state index in [4.69, 9.17) is 13.6 Å². The van der Waals surface area contributed by atoms with Crippen LogP contribution in [0.4, 0.5) is 5.69 Å². The molecule has 0 heterocycles. The van der Waals surface area contributed by atoms with E-state index in [2.05, 4.69) is 10.3 Å². The molecule has 2 radical (unpaired) electrons. The lowest BCUT2D eigenvalue weighted by Gasteiger charge is -2.25. The lowest BCUT2D eigenvalue weighted by atomic mass is 9.96. The van der Waals surface area contributed by atoms with E-state index in [0.717, 1.165) is 23.4 Å². The molecule has 6 heteroatoms. The molecular formula is C17H23BN4O. The number of hydrogen-bond donors (Lipinski definition) is 2. The standard InChI is InChI=1S/C17H23BN4O/c1-4-17(22(2)3)21-16(8-9-23)13(11-19)12-20-15-7-5-6-14(18)10-15/h4-7,9-12,16,21H,8,19H2,1-3H3/b13-11+,17-4-,20-12?. The summed E-state index contributed by atoms with van der Waals surface area (Å²) >= 11 is 0. The zero-order chi connectivity index (χ0) is 17.2. The van der Waals surface area contributed by atoms with Gasteiger partial charge in [0.1, 0.15) is 14.1 Å². The number of allylic oxidation sites excluding steroid dienone is 1. The number of aliphatic imine (C=N–C) groups is 1. The highest BCUT2D eigenvalue weighted by molar-refractivity contribution is 6.32. The van der Waals surface area contributed by atoms with E-state index in [0.29, 0.717) is 5.46 Å². The number of carbonyl (C=O) groups excluding carboxylic acids is 1. The van der Waals surface area contributed by atoms with Crippen molar-refractivity contribution in [3.63, 3.8) is 0 Å². The molecular weight excluding hydrogens is 287 g/mol. The first-order valence-corrected chi connectivity index (χ1v) is 7.37. The third-order valence-electron chi connectivity index (χ3n) is 3.24. The van der Waals surface area contributed by atoms with E-state index in [9.17, 15) is 4.79 Å². The van der Waals surface area contributed by atoms with Crippen molar-refractivity contribution < 1.29 is 4.79 Å². The SMILES string of the molecule is [B]c1cccc(N=C/C(=C\N)C(CC=O)N/C(=C/C)N(C)C)c1. The van der Waals surface area contributed by atoms with Gasteiger partial charge in [0, 0.05) is 38.5 Å². The van der Waals surface area contributed by atoms with Crippen LogP contribution in [0.15, 0.2) is 52.9 Å². The Hall–Kier alpha value is -2.50. The first-order chi connectivity index (χ1) is 11.0. The Morgan fingerprint density at radius 2 is 2.22 bits per heavy atom. The molecule has 0 saturated heterocycles. The predicted octanol–water partition coefficient (Wildman–Crippen LogP) is 0.995. The lowest BCUT2D eigenvalue weighted by Crippen LogP contribution is -2.36. The average Bonchev–Trinajstić information content (AvgIpc) is 2.52. The summed E-state index contributed by atoms with van der Waals surface area (Å²) in [6.45, 7) is 1.92. The van der Waals surface area contributed by atoms with Crippen molar-refractivity contribution in [1.29, 1.82) is 0 Å². The van der Waals surface area contributed by atoms with Gasteiger partial charge in [-0.1, -0.05) is 17.6 Å². The summed E-state index contributed by atoms with van der Waals surface area (Å²) in [5.41, 5.74) is 7.82. The maximum atomic E-state index is 11.0. The van der Waals surface area contributed by atoms with E-state index < -0.39 is 0 Å². The van der Waals surface area contributed by atoms with Gasteiger partial charge >= 0.3 is 0 Å². The van der Waals surface area contributed by atoms with Crippen molar-refractivity contribution in [2.45, 2.75) is 19.4 Å². The fraction of sp³-hybridized carbons (Fsp3) is 0.294. The Bertz CT molecular complexity index is 608. The number of nitrogens with one attached hydrogen (secondary N) is 1. The first kappa shape index (κ1) is 18.6. The van der Waals surface area contributed by atoms with Gasteiger partial charge in [-0.3, -0.25) is 4.99 Å². The number of nitrogens with two attached hydrogens (primary N) is 1. The van der Waals surface area contributed by atoms with Crippen molar-refractivity contribution in [1.82, 2.24) is 10.2 Å². The van der Waals surface area contributed by atoms with Gasteiger partial charge in [-0.05, 0) is 25.1 Å². The predicted molar refractivity (Wildman–Crippen MR) is 97.3 cm³/mol. The van der Waals surface area contributed by atoms with Gasteiger partial charge in [-0.25, -0.2) is 0 Å². The molecule has 0 spiro atoms. The summed E-state index contributed by atoms with van der Waals surface area (Å²) in [6, 6.07) is 6.99. The largest absolute Gasteiger partial charge is 0.404 e. The summed E-state index contributed by atoms with van der Waals surface area (Å²) in [5, 5.41) is 3.29. The van der Waals surface area contributed by atoms with Gasteiger partial charge < -0.3 is 20.7 Å². The second-order valence-corrected chi connectivity index (χ2v) is 5.19. The molecule has 1 aromatic carbocycles. The molecule has 0 bridgehead atoms. The maximum Gasteiger partial charge on any atom is 0.122 e. The van der Waals surface area contributed by atoms with E-state index >= 15 is 0 Å². The summed E-state index contributed by atoms with van der Waals surface area (Å²) < 4.78 is 0. The highest BCUT2D eigenvalue weighted by atomic mass is 16.1. The molecule has 0 fully saturated rings. The van der Waals surface area contributed by atoms with Gasteiger partial charge in [0.05, 0.1) is 17.6 Å². The van der Waals surface area contributed by atoms with E-state index in [-0.39, 0.29) is 12.5 Å². The normalized spacial score (nSPS) is 13.9. The number of aldehydes is 1. The molecule has 120 valence electrons. The van der Waals surface area contributed by atoms with Crippen LogP contribution in [0.3, 0.4) is 0 Å². The molecule has 1 unspecified atom stereocenters. The van der Waals surface area contributed by atoms with Crippen molar-refractivity contribution >= 4 is 31.5 Å². The molecule has 5 nitrogen and oxygen atoms in total. The minimum absolute atomic E-state index is 0.254. The van der Waals surface area contributed by atoms with Crippen LogP contribution in [0.25, 0.3) is 0 Å². The van der Waals surface area contributed by atoms with Crippen LogP contribution in [0.2, 0.25) is 0 Å². The average molecular weight is 310 g/mol. The highest BCUT2D eigenvalue weighted by Crippen LogP contribution is 2.11. The highest BCUT2D eigenvalue weighted by Gasteiger charge is 2.14. The lowest BCUT2D eigenvalue weighted by molar-refractivity contribution is -0.108. The van der Waals surface area contributed by atoms with Crippen LogP contribution in [0, 0.1) is 0 Å². The van der Waals surface area contributed by atoms with Crippen molar-refractivity contribution in [3.8, 4) is 0 Å². The van der Waals surface area contributed by atoms with Crippen molar-refractivity contribution in [2.24, 2.45) is 10.7 Å². The van der Waals surface area contributed by atoms with Gasteiger partial charge in [-0.15, -0.1) is 0 Å². The number of rotatable bonds is 8. The molecule has 23 heavy (non-hydrogen) atoms. The number of benzene rings is 1. The Balaban J connectivity index is 2.96. The third-order valence-corrected chi connectivity index (χ3v) is 3.24. The van der Waals surface area contributed by atoms with Gasteiger partial charge in [0.15, 0.2) is 0 Å². The Labute approximate surface area is 139 Å². The Morgan fingerprint density at radius 3 is 2.74 bits per heavy atom. The van der Waals surface area contributed by atoms with Gasteiger partial charge in [0.2, 0.25) is 0 Å². The van der Waals surface area contributed by atoms with Gasteiger partial charge in [-0.2, -0.15) is 0 Å². The summed E-state index contributed by atoms with van der Waals surface area (Å²) in [5.74, 6) is 0.897. The molecule has 0 saturated carbocycles. The second kappa shape index (κ2) is 9.51. The molecule has 3 N–H and O–H groups in total. The molecule has 1 rings (SSSR count). The summed E-state index contributed by atoms with van der Waals surface area (Å²) in [7, 11) is 9.58. The minimum atomic E-state index is -0.254. The van der Waals surface area contributed by atoms with Crippen LogP contribution in [-0.2, 0) is 4.79 Å². The quantitative estimate of drug-likeness (QED) is 0.427. The van der Waals surface area contributed by atoms with Crippen LogP contribution in [0.5, 0.6) is 0 Å². The van der Waals surface area contributed by atoms with E-state index in [1.165, 1.54) is 6.20 Å². The number of nitrogens with zero attached hydrogens (tertiary/aromatic N) is 2. The molecule has 1 aromatic rings. The maximum absolute atomic E-state index is 11.0. The van der Waals surface area contributed by atoms with E-state index in [1.54, 1.807) is 18.3 Å². The van der Waals surface area contributed by atoms with Crippen LogP contribution < -0.4 is 16.5 Å². The fourth-order valence-electron chi connectivity index (χ4n) is 2.03. The van der Waals surface area contributed by atoms with Gasteiger partial charge in [0.25, 0.3) is 0 Å². The van der Waals surface area contributed by atoms with Crippen molar-refractivity contribution in [2.75, 3.05) is 14.1 Å². The smallest absolute Gasteiger partial charge is 0.122 e. The van der Waals surface area contributed by atoms with Crippen molar-refractivity contribution in [3.05, 3.63) is 47.9 Å². The second-order valence-electron chi connectivity index (χ2n) is 5.19. The monoisotopic (exact) mass is 310 g/mol. The topological polar surface area (TPSA) is 70.7 Å². The third kappa shape index (κ3) is 6.02. The zero-order valence-electron chi connectivity index (χ0n) is 13.9. The van der Waals surface area contributed by atoms with Crippen LogP contribution in [-0.4, -0.2) is 45.4 Å². The summed E-state index contributed by atoms with van der Waals surface area (Å²) in [6.07, 6.45) is 6.19.